The number of carbonyl (C=O) groups excluding carboxylic acids is 2. The molecule has 0 saturated carbocycles. The highest BCUT2D eigenvalue weighted by Crippen LogP contribution is 2.46. The van der Waals surface area contributed by atoms with Gasteiger partial charge in [0.25, 0.3) is 11.8 Å². The first-order valence-corrected chi connectivity index (χ1v) is 11.8. The van der Waals surface area contributed by atoms with Crippen LogP contribution in [0.25, 0.3) is 10.8 Å². The summed E-state index contributed by atoms with van der Waals surface area (Å²) in [7, 11) is 0. The lowest BCUT2D eigenvalue weighted by Crippen LogP contribution is -2.29. The molecule has 1 heterocycles. The van der Waals surface area contributed by atoms with E-state index < -0.39 is 23.7 Å². The molecule has 1 atom stereocenters. The summed E-state index contributed by atoms with van der Waals surface area (Å²) in [5.41, 5.74) is 1.33. The zero-order valence-corrected chi connectivity index (χ0v) is 20.5. The Labute approximate surface area is 204 Å². The molecule has 3 aromatic carbocycles. The number of imide groups is 1. The van der Waals surface area contributed by atoms with E-state index >= 15 is 0 Å². The van der Waals surface area contributed by atoms with Gasteiger partial charge in [-0.15, -0.1) is 0 Å². The van der Waals surface area contributed by atoms with Crippen LogP contribution in [0, 0.1) is 0 Å². The molecular weight excluding hydrogens is 446 g/mol. The van der Waals surface area contributed by atoms with Gasteiger partial charge in [0.05, 0.1) is 34.9 Å². The first kappa shape index (κ1) is 24.3. The predicted molar refractivity (Wildman–Crippen MR) is 134 cm³/mol. The van der Waals surface area contributed by atoms with Gasteiger partial charge in [-0.3, -0.25) is 14.4 Å². The second-order valence-corrected chi connectivity index (χ2v) is 9.12. The van der Waals surface area contributed by atoms with Crippen LogP contribution in [0.5, 0.6) is 11.5 Å². The molecule has 0 spiro atoms. The lowest BCUT2D eigenvalue weighted by Gasteiger charge is -2.20. The van der Waals surface area contributed by atoms with Gasteiger partial charge in [-0.05, 0) is 51.8 Å². The molecule has 7 nitrogen and oxygen atoms in total. The average Bonchev–Trinajstić information content (AvgIpc) is 3.06. The second kappa shape index (κ2) is 9.41. The Kier molecular flexibility index (Phi) is 6.52. The fourth-order valence-electron chi connectivity index (χ4n) is 4.46. The fourth-order valence-corrected chi connectivity index (χ4v) is 4.46. The maximum Gasteiger partial charge on any atom is 0.310 e. The number of hydrogen-bond donors (Lipinski definition) is 1. The Morgan fingerprint density at radius 1 is 0.829 bits per heavy atom. The van der Waals surface area contributed by atoms with Crippen LogP contribution in [-0.2, 0) is 4.79 Å². The number of rotatable bonds is 8. The Bertz CT molecular complexity index is 1240. The smallest absolute Gasteiger partial charge is 0.310 e. The van der Waals surface area contributed by atoms with Gasteiger partial charge in [-0.25, -0.2) is 4.90 Å². The van der Waals surface area contributed by atoms with Crippen molar-refractivity contribution < 1.29 is 29.0 Å². The molecule has 7 heteroatoms. The van der Waals surface area contributed by atoms with Crippen molar-refractivity contribution >= 4 is 34.2 Å². The summed E-state index contributed by atoms with van der Waals surface area (Å²) in [6, 6.07) is 13.9. The van der Waals surface area contributed by atoms with Crippen molar-refractivity contribution in [3.63, 3.8) is 0 Å². The molecule has 1 N–H and O–H groups in total. The zero-order chi connectivity index (χ0) is 25.4. The lowest BCUT2D eigenvalue weighted by atomic mass is 9.96. The average molecular weight is 476 g/mol. The number of carboxylic acids is 1. The van der Waals surface area contributed by atoms with Crippen molar-refractivity contribution in [3.8, 4) is 11.5 Å². The van der Waals surface area contributed by atoms with E-state index in [-0.39, 0.29) is 23.3 Å². The Morgan fingerprint density at radius 3 is 1.66 bits per heavy atom. The van der Waals surface area contributed by atoms with Crippen LogP contribution in [0.15, 0.2) is 48.5 Å². The lowest BCUT2D eigenvalue weighted by molar-refractivity contribution is -0.138. The van der Waals surface area contributed by atoms with Gasteiger partial charge in [0.2, 0.25) is 0 Å². The number of ether oxygens (including phenoxy) is 2. The van der Waals surface area contributed by atoms with E-state index in [9.17, 15) is 19.5 Å². The number of nitrogens with zero attached hydrogens (tertiary/aromatic N) is 1. The molecule has 1 aliphatic rings. The maximum atomic E-state index is 13.8. The van der Waals surface area contributed by atoms with Crippen LogP contribution >= 0.6 is 0 Å². The first-order valence-electron chi connectivity index (χ1n) is 11.8. The van der Waals surface area contributed by atoms with Crippen molar-refractivity contribution in [2.24, 2.45) is 0 Å². The molecule has 0 radical (unpaired) electrons. The van der Waals surface area contributed by atoms with E-state index in [2.05, 4.69) is 0 Å². The molecule has 4 rings (SSSR count). The van der Waals surface area contributed by atoms with Gasteiger partial charge in [0.15, 0.2) is 0 Å². The minimum atomic E-state index is -0.918. The van der Waals surface area contributed by atoms with E-state index in [1.807, 2.05) is 52.0 Å². The molecule has 0 saturated heterocycles. The van der Waals surface area contributed by atoms with Gasteiger partial charge < -0.3 is 14.6 Å². The molecule has 0 fully saturated rings. The minimum absolute atomic E-state index is 0.180. The maximum absolute atomic E-state index is 13.8. The van der Waals surface area contributed by atoms with Crippen molar-refractivity contribution in [2.45, 2.75) is 59.2 Å². The number of carbonyl (C=O) groups is 3. The van der Waals surface area contributed by atoms with Gasteiger partial charge in [0, 0.05) is 10.8 Å². The van der Waals surface area contributed by atoms with Gasteiger partial charge in [0.1, 0.15) is 11.5 Å². The second-order valence-electron chi connectivity index (χ2n) is 9.12. The van der Waals surface area contributed by atoms with Crippen LogP contribution in [0.1, 0.15) is 73.2 Å². The molecule has 35 heavy (non-hydrogen) atoms. The molecule has 0 aromatic heterocycles. The number of amides is 2. The number of carboxylic acid groups (broad SMARTS) is 1. The van der Waals surface area contributed by atoms with Crippen LogP contribution in [0.3, 0.4) is 0 Å². The molecule has 2 amide bonds. The van der Waals surface area contributed by atoms with Gasteiger partial charge in [-0.1, -0.05) is 43.3 Å². The minimum Gasteiger partial charge on any atom is -0.489 e. The molecule has 0 bridgehead atoms. The molecule has 1 unspecified atom stereocenters. The first-order chi connectivity index (χ1) is 16.6. The van der Waals surface area contributed by atoms with E-state index in [0.29, 0.717) is 39.9 Å². The number of fused-ring (bicyclic) bond motifs is 2. The van der Waals surface area contributed by atoms with Crippen LogP contribution in [0.4, 0.5) is 5.69 Å². The largest absolute Gasteiger partial charge is 0.489 e. The third-order valence-electron chi connectivity index (χ3n) is 5.92. The molecule has 182 valence electrons. The van der Waals surface area contributed by atoms with Crippen molar-refractivity contribution in [1.29, 1.82) is 0 Å². The number of aliphatic carboxylic acids is 1. The summed E-state index contributed by atoms with van der Waals surface area (Å²) < 4.78 is 12.2. The van der Waals surface area contributed by atoms with Crippen molar-refractivity contribution in [1.82, 2.24) is 0 Å². The SMILES string of the molecule is CCC(C(=O)O)c1ccc(N2C(=O)c3c(c(OC(C)C)c4ccccc4c3OC(C)C)C2=O)cc1. The fraction of sp³-hybridized carbons (Fsp3) is 0.321. The third kappa shape index (κ3) is 4.22. The van der Waals surface area contributed by atoms with Crippen molar-refractivity contribution in [2.75, 3.05) is 4.90 Å². The van der Waals surface area contributed by atoms with E-state index in [1.54, 1.807) is 31.2 Å². The Hall–Kier alpha value is -3.87. The molecule has 0 aliphatic carbocycles. The van der Waals surface area contributed by atoms with Crippen LogP contribution in [0.2, 0.25) is 0 Å². The van der Waals surface area contributed by atoms with E-state index in [1.165, 1.54) is 0 Å². The highest BCUT2D eigenvalue weighted by Gasteiger charge is 2.44. The number of anilines is 1. The van der Waals surface area contributed by atoms with Crippen LogP contribution in [-0.4, -0.2) is 35.1 Å². The molecule has 1 aliphatic heterocycles. The monoisotopic (exact) mass is 475 g/mol. The predicted octanol–water partition coefficient (Wildman–Crippen LogP) is 5.79. The zero-order valence-electron chi connectivity index (χ0n) is 20.5. The summed E-state index contributed by atoms with van der Waals surface area (Å²) in [5.74, 6) is -1.87. The number of hydrogen-bond acceptors (Lipinski definition) is 5. The molecular formula is C28H29NO6. The standard InChI is InChI=1S/C28H29NO6/c1-6-19(28(32)33)17-11-13-18(14-12-17)29-26(30)22-23(27(29)31)25(35-16(4)5)21-10-8-7-9-20(21)24(22)34-15(2)3/h7-16,19H,6H2,1-5H3,(H,32,33). The van der Waals surface area contributed by atoms with E-state index in [4.69, 9.17) is 9.47 Å². The third-order valence-corrected chi connectivity index (χ3v) is 5.92. The van der Waals surface area contributed by atoms with Crippen LogP contribution < -0.4 is 14.4 Å². The Morgan fingerprint density at radius 2 is 1.29 bits per heavy atom. The topological polar surface area (TPSA) is 93.1 Å². The summed E-state index contributed by atoms with van der Waals surface area (Å²) in [6.07, 6.45) is -0.0182. The summed E-state index contributed by atoms with van der Waals surface area (Å²) in [6.45, 7) is 9.26. The quantitative estimate of drug-likeness (QED) is 0.414. The number of benzene rings is 3. The summed E-state index contributed by atoms with van der Waals surface area (Å²) >= 11 is 0. The van der Waals surface area contributed by atoms with Gasteiger partial charge >= 0.3 is 5.97 Å². The highest BCUT2D eigenvalue weighted by atomic mass is 16.5. The summed E-state index contributed by atoms with van der Waals surface area (Å²) in [5, 5.41) is 10.9. The Balaban J connectivity index is 1.90. The van der Waals surface area contributed by atoms with Crippen molar-refractivity contribution in [3.05, 3.63) is 65.2 Å². The molecule has 3 aromatic rings. The normalized spacial score (nSPS) is 14.1. The van der Waals surface area contributed by atoms with E-state index in [0.717, 1.165) is 4.90 Å². The summed E-state index contributed by atoms with van der Waals surface area (Å²) in [4.78, 5) is 40.2. The highest BCUT2D eigenvalue weighted by molar-refractivity contribution is 6.38. The van der Waals surface area contributed by atoms with Gasteiger partial charge in [-0.2, -0.15) is 0 Å².